The first kappa shape index (κ1) is 14.7. The van der Waals surface area contributed by atoms with E-state index in [2.05, 4.69) is 5.32 Å². The minimum absolute atomic E-state index is 0.427. The number of hydrogen-bond acceptors (Lipinski definition) is 5. The average molecular weight is 310 g/mol. The quantitative estimate of drug-likeness (QED) is 0.560. The molecule has 0 amide bonds. The number of rotatable bonds is 3. The lowest BCUT2D eigenvalue weighted by molar-refractivity contribution is -0.0798. The zero-order valence-corrected chi connectivity index (χ0v) is 12.3. The number of para-hydroxylation sites is 1. The summed E-state index contributed by atoms with van der Waals surface area (Å²) < 4.78 is 5.76. The van der Waals surface area contributed by atoms with Crippen molar-refractivity contribution in [2.75, 3.05) is 11.5 Å². The molecule has 0 aliphatic carbocycles. The number of hydrogen-bond donors (Lipinski definition) is 4. The van der Waals surface area contributed by atoms with E-state index in [4.69, 9.17) is 22.1 Å². The van der Waals surface area contributed by atoms with Gasteiger partial charge in [-0.2, -0.15) is 0 Å². The highest BCUT2D eigenvalue weighted by Gasteiger charge is 2.54. The summed E-state index contributed by atoms with van der Waals surface area (Å²) in [4.78, 5) is 1.81. The van der Waals surface area contributed by atoms with E-state index in [1.165, 1.54) is 0 Å². The Morgan fingerprint density at radius 2 is 2.14 bits per heavy atom. The van der Waals surface area contributed by atoms with Crippen LogP contribution < -0.4 is 10.2 Å². The summed E-state index contributed by atoms with van der Waals surface area (Å²) in [5.41, 5.74) is 1.93. The number of aliphatic hydroxyl groups is 3. The Balaban J connectivity index is 1.91. The number of aryl methyl sites for hydroxylation is 1. The maximum Gasteiger partial charge on any atom is 0.176 e. The van der Waals surface area contributed by atoms with E-state index < -0.39 is 37.2 Å². The predicted molar refractivity (Wildman–Crippen MR) is 80.9 cm³/mol. The minimum Gasteiger partial charge on any atom is -0.394 e. The Morgan fingerprint density at radius 3 is 2.81 bits per heavy atom. The van der Waals surface area contributed by atoms with Crippen LogP contribution >= 0.6 is 12.2 Å². The third-order valence-electron chi connectivity index (χ3n) is 4.01. The van der Waals surface area contributed by atoms with Gasteiger partial charge in [-0.25, -0.2) is 0 Å². The lowest BCUT2D eigenvalue weighted by Crippen LogP contribution is -2.45. The fraction of sp³-hybridized carbons (Fsp3) is 0.500. The van der Waals surface area contributed by atoms with Crippen molar-refractivity contribution in [1.29, 1.82) is 0 Å². The summed E-state index contributed by atoms with van der Waals surface area (Å²) in [6, 6.07) is 7.31. The monoisotopic (exact) mass is 310 g/mol. The molecular formula is C14H18N2O4S. The van der Waals surface area contributed by atoms with Crippen LogP contribution in [-0.4, -0.2) is 57.6 Å². The lowest BCUT2D eigenvalue weighted by atomic mass is 10.0. The van der Waals surface area contributed by atoms with Gasteiger partial charge >= 0.3 is 0 Å². The largest absolute Gasteiger partial charge is 0.394 e. The highest BCUT2D eigenvalue weighted by Crippen LogP contribution is 2.35. The van der Waals surface area contributed by atoms with Crippen molar-refractivity contribution in [3.8, 4) is 0 Å². The summed E-state index contributed by atoms with van der Waals surface area (Å²) in [7, 11) is 0. The number of benzene rings is 1. The van der Waals surface area contributed by atoms with E-state index in [9.17, 15) is 10.2 Å². The van der Waals surface area contributed by atoms with Gasteiger partial charge in [-0.15, -0.1) is 0 Å². The molecule has 1 aromatic carbocycles. The number of fused-ring (bicyclic) bond motifs is 1. The number of ether oxygens (including phenoxy) is 1. The topological polar surface area (TPSA) is 85.2 Å². The van der Waals surface area contributed by atoms with Crippen LogP contribution in [0.2, 0.25) is 0 Å². The molecule has 114 valence electrons. The molecular weight excluding hydrogens is 292 g/mol. The van der Waals surface area contributed by atoms with Gasteiger partial charge in [0.1, 0.15) is 24.4 Å². The van der Waals surface area contributed by atoms with Crippen molar-refractivity contribution in [1.82, 2.24) is 5.32 Å². The first-order valence-electron chi connectivity index (χ1n) is 6.82. The van der Waals surface area contributed by atoms with E-state index in [1.54, 1.807) is 0 Å². The maximum absolute atomic E-state index is 10.3. The molecule has 2 saturated heterocycles. The van der Waals surface area contributed by atoms with Crippen LogP contribution in [-0.2, 0) is 4.74 Å². The van der Waals surface area contributed by atoms with Gasteiger partial charge in [-0.05, 0) is 30.8 Å². The Kier molecular flexibility index (Phi) is 3.85. The summed E-state index contributed by atoms with van der Waals surface area (Å²) in [6.07, 6.45) is -3.41. The summed E-state index contributed by atoms with van der Waals surface area (Å²) >= 11 is 5.33. The number of aliphatic hydroxyl groups excluding tert-OH is 3. The maximum atomic E-state index is 10.3. The molecule has 5 atom stereocenters. The summed E-state index contributed by atoms with van der Waals surface area (Å²) in [5.74, 6) is 0. The minimum atomic E-state index is -1.13. The van der Waals surface area contributed by atoms with Crippen LogP contribution in [0.25, 0.3) is 0 Å². The standard InChI is InChI=1S/C14H18N2O4S/c1-7-4-2-3-5-8(7)16-13-10(15-14(16)21)11(19)12(20-13)9(18)6-17/h2-5,9-13,17-19H,6H2,1H3,(H,15,21)/t9-,10-,11-,12-,13+/m1/s1. The molecule has 0 saturated carbocycles. The zero-order valence-electron chi connectivity index (χ0n) is 11.5. The molecule has 6 nitrogen and oxygen atoms in total. The molecule has 0 bridgehead atoms. The number of anilines is 1. The van der Waals surface area contributed by atoms with E-state index in [-0.39, 0.29) is 0 Å². The van der Waals surface area contributed by atoms with Crippen molar-refractivity contribution in [3.63, 3.8) is 0 Å². The van der Waals surface area contributed by atoms with Gasteiger partial charge in [0.15, 0.2) is 11.3 Å². The molecule has 4 N–H and O–H groups in total. The van der Waals surface area contributed by atoms with Gasteiger partial charge < -0.3 is 25.4 Å². The number of nitrogens with one attached hydrogen (secondary N) is 1. The predicted octanol–water partition coefficient (Wildman–Crippen LogP) is -0.503. The number of thiocarbonyl (C=S) groups is 1. The van der Waals surface area contributed by atoms with Gasteiger partial charge in [0.05, 0.1) is 6.61 Å². The summed E-state index contributed by atoms with van der Waals surface area (Å²) in [5, 5.41) is 32.6. The van der Waals surface area contributed by atoms with Crippen LogP contribution in [0.4, 0.5) is 5.69 Å². The molecule has 0 unspecified atom stereocenters. The van der Waals surface area contributed by atoms with Crippen molar-refractivity contribution >= 4 is 23.0 Å². The smallest absolute Gasteiger partial charge is 0.176 e. The van der Waals surface area contributed by atoms with E-state index in [0.29, 0.717) is 5.11 Å². The first-order chi connectivity index (χ1) is 10.0. The molecule has 3 rings (SSSR count). The molecule has 2 fully saturated rings. The van der Waals surface area contributed by atoms with Crippen LogP contribution in [0.15, 0.2) is 24.3 Å². The zero-order chi connectivity index (χ0) is 15.1. The van der Waals surface area contributed by atoms with Crippen molar-refractivity contribution < 1.29 is 20.1 Å². The highest BCUT2D eigenvalue weighted by molar-refractivity contribution is 7.80. The van der Waals surface area contributed by atoms with Gasteiger partial charge in [-0.3, -0.25) is 4.90 Å². The van der Waals surface area contributed by atoms with Crippen LogP contribution in [0, 0.1) is 6.92 Å². The van der Waals surface area contributed by atoms with Gasteiger partial charge in [-0.1, -0.05) is 18.2 Å². The van der Waals surface area contributed by atoms with Crippen molar-refractivity contribution in [2.45, 2.75) is 37.5 Å². The fourth-order valence-electron chi connectivity index (χ4n) is 2.91. The highest BCUT2D eigenvalue weighted by atomic mass is 32.1. The molecule has 2 aliphatic rings. The van der Waals surface area contributed by atoms with E-state index in [1.807, 2.05) is 36.1 Å². The Morgan fingerprint density at radius 1 is 1.43 bits per heavy atom. The molecule has 0 spiro atoms. The summed E-state index contributed by atoms with van der Waals surface area (Å²) in [6.45, 7) is 1.51. The third kappa shape index (κ3) is 2.31. The Labute approximate surface area is 128 Å². The Bertz CT molecular complexity index is 556. The fourth-order valence-corrected chi connectivity index (χ4v) is 3.25. The SMILES string of the molecule is Cc1ccccc1N1C(=S)N[C@@H]2[C@@H](O)[C@@H]([C@H](O)CO)O[C@@H]21. The average Bonchev–Trinajstić information content (AvgIpc) is 2.95. The molecule has 2 heterocycles. The number of nitrogens with zero attached hydrogens (tertiary/aromatic N) is 1. The van der Waals surface area contributed by atoms with Gasteiger partial charge in [0.2, 0.25) is 0 Å². The van der Waals surface area contributed by atoms with Crippen molar-refractivity contribution in [3.05, 3.63) is 29.8 Å². The Hall–Kier alpha value is -1.25. The molecule has 2 aliphatic heterocycles. The third-order valence-corrected chi connectivity index (χ3v) is 4.33. The molecule has 21 heavy (non-hydrogen) atoms. The second-order valence-corrected chi connectivity index (χ2v) is 5.75. The molecule has 1 aromatic rings. The second kappa shape index (κ2) is 5.51. The van der Waals surface area contributed by atoms with Crippen LogP contribution in [0.5, 0.6) is 0 Å². The normalized spacial score (nSPS) is 33.0. The van der Waals surface area contributed by atoms with E-state index in [0.717, 1.165) is 11.3 Å². The molecule has 7 heteroatoms. The van der Waals surface area contributed by atoms with Gasteiger partial charge in [0, 0.05) is 5.69 Å². The van der Waals surface area contributed by atoms with Crippen LogP contribution in [0.1, 0.15) is 5.56 Å². The molecule has 0 radical (unpaired) electrons. The lowest BCUT2D eigenvalue weighted by Gasteiger charge is -2.27. The van der Waals surface area contributed by atoms with Gasteiger partial charge in [0.25, 0.3) is 0 Å². The van der Waals surface area contributed by atoms with Crippen molar-refractivity contribution in [2.24, 2.45) is 0 Å². The first-order valence-corrected chi connectivity index (χ1v) is 7.23. The van der Waals surface area contributed by atoms with Crippen LogP contribution in [0.3, 0.4) is 0 Å². The molecule has 0 aromatic heterocycles. The second-order valence-electron chi connectivity index (χ2n) is 5.36. The van der Waals surface area contributed by atoms with E-state index >= 15 is 0 Å².